The monoisotopic (exact) mass is 457 g/mol. The summed E-state index contributed by atoms with van der Waals surface area (Å²) in [5, 5.41) is 2.50. The number of rotatable bonds is 4. The Morgan fingerprint density at radius 3 is 2.39 bits per heavy atom. The van der Waals surface area contributed by atoms with Crippen molar-refractivity contribution in [2.45, 2.75) is 35.8 Å². The van der Waals surface area contributed by atoms with Gasteiger partial charge in [0.05, 0.1) is 5.69 Å². The molecule has 0 bridgehead atoms. The van der Waals surface area contributed by atoms with Crippen molar-refractivity contribution in [2.24, 2.45) is 0 Å². The smallest absolute Gasteiger partial charge is 0.250 e. The second-order valence-electron chi connectivity index (χ2n) is 7.68. The first kappa shape index (κ1) is 21.7. The molecule has 4 rings (SSSR count). The van der Waals surface area contributed by atoms with E-state index < -0.39 is 5.25 Å². The lowest BCUT2D eigenvalue weighted by Crippen LogP contribution is -2.51. The van der Waals surface area contributed by atoms with Gasteiger partial charge >= 0.3 is 0 Å². The Balaban J connectivity index is 1.54. The zero-order chi connectivity index (χ0) is 21.8. The Labute approximate surface area is 190 Å². The van der Waals surface area contributed by atoms with Crippen LogP contribution < -0.4 is 10.2 Å². The predicted octanol–water partition coefficient (Wildman–Crippen LogP) is 4.19. The molecular formula is C23H24ClN3O3S. The molecule has 0 saturated carbocycles. The van der Waals surface area contributed by atoms with Gasteiger partial charge in [0.1, 0.15) is 6.54 Å². The third-order valence-corrected chi connectivity index (χ3v) is 6.95. The van der Waals surface area contributed by atoms with Crippen LogP contribution in [-0.2, 0) is 14.4 Å². The second kappa shape index (κ2) is 9.75. The number of nitrogens with zero attached hydrogens (tertiary/aromatic N) is 2. The fraction of sp³-hybridized carbons (Fsp3) is 0.348. The largest absolute Gasteiger partial charge is 0.341 e. The van der Waals surface area contributed by atoms with E-state index in [1.807, 2.05) is 29.2 Å². The lowest BCUT2D eigenvalue weighted by molar-refractivity contribution is -0.135. The quantitative estimate of drug-likeness (QED) is 0.699. The van der Waals surface area contributed by atoms with Gasteiger partial charge in [0.15, 0.2) is 5.25 Å². The summed E-state index contributed by atoms with van der Waals surface area (Å²) in [7, 11) is 0. The molecule has 0 unspecified atom stereocenters. The van der Waals surface area contributed by atoms with Crippen molar-refractivity contribution in [3.05, 3.63) is 53.6 Å². The molecule has 0 aromatic heterocycles. The average molecular weight is 458 g/mol. The molecule has 1 N–H and O–H groups in total. The number of thioether (sulfide) groups is 1. The molecule has 31 heavy (non-hydrogen) atoms. The molecule has 2 heterocycles. The number of halogens is 1. The van der Waals surface area contributed by atoms with Crippen molar-refractivity contribution in [3.63, 3.8) is 0 Å². The van der Waals surface area contributed by atoms with E-state index in [0.29, 0.717) is 29.5 Å². The van der Waals surface area contributed by atoms with E-state index in [2.05, 4.69) is 5.32 Å². The van der Waals surface area contributed by atoms with E-state index >= 15 is 0 Å². The Bertz CT molecular complexity index is 974. The highest BCUT2D eigenvalue weighted by atomic mass is 35.5. The lowest BCUT2D eigenvalue weighted by Gasteiger charge is -2.34. The Kier molecular flexibility index (Phi) is 6.83. The highest BCUT2D eigenvalue weighted by Crippen LogP contribution is 2.39. The summed E-state index contributed by atoms with van der Waals surface area (Å²) in [6, 6.07) is 14.2. The molecule has 1 atom stereocenters. The van der Waals surface area contributed by atoms with Crippen molar-refractivity contribution >= 4 is 52.5 Å². The summed E-state index contributed by atoms with van der Waals surface area (Å²) in [4.78, 5) is 43.3. The van der Waals surface area contributed by atoms with Crippen LogP contribution in [-0.4, -0.2) is 47.5 Å². The van der Waals surface area contributed by atoms with Crippen LogP contribution >= 0.6 is 23.4 Å². The maximum Gasteiger partial charge on any atom is 0.250 e. The van der Waals surface area contributed by atoms with Gasteiger partial charge < -0.3 is 15.1 Å². The summed E-state index contributed by atoms with van der Waals surface area (Å²) < 4.78 is 0. The van der Waals surface area contributed by atoms with Crippen LogP contribution in [0.1, 0.15) is 25.7 Å². The fourth-order valence-electron chi connectivity index (χ4n) is 3.87. The number of carbonyl (C=O) groups excluding carboxylic acids is 3. The normalized spacial score (nSPS) is 18.9. The topological polar surface area (TPSA) is 69.7 Å². The van der Waals surface area contributed by atoms with Crippen molar-refractivity contribution in [3.8, 4) is 0 Å². The highest BCUT2D eigenvalue weighted by molar-refractivity contribution is 8.01. The molecule has 3 amide bonds. The van der Waals surface area contributed by atoms with E-state index in [1.54, 1.807) is 24.3 Å². The number of hydrogen-bond donors (Lipinski definition) is 1. The minimum atomic E-state index is -0.865. The van der Waals surface area contributed by atoms with E-state index in [1.165, 1.54) is 16.7 Å². The number of para-hydroxylation sites is 1. The zero-order valence-electron chi connectivity index (χ0n) is 17.1. The zero-order valence-corrected chi connectivity index (χ0v) is 18.6. The van der Waals surface area contributed by atoms with E-state index in [4.69, 9.17) is 11.6 Å². The summed E-state index contributed by atoms with van der Waals surface area (Å²) in [6.45, 7) is 1.20. The fourth-order valence-corrected chi connectivity index (χ4v) is 5.18. The molecule has 2 aromatic rings. The van der Waals surface area contributed by atoms with E-state index in [0.717, 1.165) is 30.6 Å². The summed E-state index contributed by atoms with van der Waals surface area (Å²) >= 11 is 7.18. The van der Waals surface area contributed by atoms with Crippen molar-refractivity contribution < 1.29 is 14.4 Å². The molecule has 1 saturated heterocycles. The van der Waals surface area contributed by atoms with Crippen LogP contribution in [0.5, 0.6) is 0 Å². The number of benzene rings is 2. The summed E-state index contributed by atoms with van der Waals surface area (Å²) in [6.07, 6.45) is 4.13. The number of fused-ring (bicyclic) bond motifs is 1. The number of amides is 3. The van der Waals surface area contributed by atoms with Gasteiger partial charge in [0, 0.05) is 28.7 Å². The average Bonchev–Trinajstić information content (AvgIpc) is 3.06. The Morgan fingerprint density at radius 1 is 1.00 bits per heavy atom. The Morgan fingerprint density at radius 2 is 1.68 bits per heavy atom. The number of likely N-dealkylation sites (tertiary alicyclic amines) is 1. The van der Waals surface area contributed by atoms with Crippen LogP contribution in [0, 0.1) is 0 Å². The maximum absolute atomic E-state index is 13.4. The molecule has 0 aliphatic carbocycles. The molecule has 6 nitrogen and oxygen atoms in total. The highest BCUT2D eigenvalue weighted by Gasteiger charge is 2.40. The maximum atomic E-state index is 13.4. The number of anilines is 2. The molecule has 1 fully saturated rings. The first-order valence-corrected chi connectivity index (χ1v) is 11.7. The van der Waals surface area contributed by atoms with Crippen molar-refractivity contribution in [1.82, 2.24) is 4.90 Å². The van der Waals surface area contributed by atoms with E-state index in [9.17, 15) is 14.4 Å². The molecule has 162 valence electrons. The van der Waals surface area contributed by atoms with Gasteiger partial charge in [-0.15, -0.1) is 11.8 Å². The summed E-state index contributed by atoms with van der Waals surface area (Å²) in [5.74, 6) is -0.836. The SMILES string of the molecule is O=C(CN1C(=O)[C@H](C(=O)N2CCCCCC2)Sc2ccccc21)Nc1ccc(Cl)cc1. The second-order valence-corrected chi connectivity index (χ2v) is 9.27. The van der Waals surface area contributed by atoms with Gasteiger partial charge in [0.25, 0.3) is 5.91 Å². The molecule has 0 spiro atoms. The van der Waals surface area contributed by atoms with Gasteiger partial charge in [-0.3, -0.25) is 14.4 Å². The van der Waals surface area contributed by atoms with Crippen LogP contribution in [0.2, 0.25) is 5.02 Å². The van der Waals surface area contributed by atoms with Crippen molar-refractivity contribution in [1.29, 1.82) is 0 Å². The van der Waals surface area contributed by atoms with E-state index in [-0.39, 0.29) is 24.3 Å². The minimum absolute atomic E-state index is 0.158. The van der Waals surface area contributed by atoms with Crippen molar-refractivity contribution in [2.75, 3.05) is 29.9 Å². The third-order valence-electron chi connectivity index (χ3n) is 5.46. The molecule has 0 radical (unpaired) electrons. The number of carbonyl (C=O) groups is 3. The third kappa shape index (κ3) is 5.05. The van der Waals surface area contributed by atoms with Gasteiger partial charge in [0.2, 0.25) is 11.8 Å². The first-order chi connectivity index (χ1) is 15.0. The molecule has 2 aliphatic rings. The van der Waals surface area contributed by atoms with Crippen LogP contribution in [0.15, 0.2) is 53.4 Å². The summed E-state index contributed by atoms with van der Waals surface area (Å²) in [5.41, 5.74) is 1.25. The predicted molar refractivity (Wildman–Crippen MR) is 124 cm³/mol. The van der Waals surface area contributed by atoms with Crippen LogP contribution in [0.3, 0.4) is 0 Å². The first-order valence-electron chi connectivity index (χ1n) is 10.4. The number of hydrogen-bond acceptors (Lipinski definition) is 4. The van der Waals surface area contributed by atoms with Crippen LogP contribution in [0.25, 0.3) is 0 Å². The van der Waals surface area contributed by atoms with Gasteiger partial charge in [-0.25, -0.2) is 0 Å². The van der Waals surface area contributed by atoms with Crippen LogP contribution in [0.4, 0.5) is 11.4 Å². The lowest BCUT2D eigenvalue weighted by atomic mass is 10.2. The molecule has 2 aromatic carbocycles. The molecule has 8 heteroatoms. The molecular weight excluding hydrogens is 434 g/mol. The van der Waals surface area contributed by atoms with Gasteiger partial charge in [-0.2, -0.15) is 0 Å². The Hall–Kier alpha value is -2.51. The number of nitrogens with one attached hydrogen (secondary N) is 1. The minimum Gasteiger partial charge on any atom is -0.341 e. The molecule has 2 aliphatic heterocycles. The standard InChI is InChI=1S/C23H24ClN3O3S/c24-16-9-11-17(12-10-16)25-20(28)15-27-18-7-3-4-8-19(18)31-21(23(27)30)22(29)26-13-5-1-2-6-14-26/h3-4,7-12,21H,1-2,5-6,13-15H2,(H,25,28)/t21-/m0/s1. The van der Waals surface area contributed by atoms with Gasteiger partial charge in [-0.05, 0) is 49.2 Å². The van der Waals surface area contributed by atoms with Gasteiger partial charge in [-0.1, -0.05) is 36.6 Å².